The summed E-state index contributed by atoms with van der Waals surface area (Å²) in [5.41, 5.74) is 22.9. The maximum atomic E-state index is 6.05. The lowest BCUT2D eigenvalue weighted by atomic mass is 9.94. The summed E-state index contributed by atoms with van der Waals surface area (Å²) >= 11 is 0. The van der Waals surface area contributed by atoms with Crippen LogP contribution in [0, 0.1) is 11.8 Å². The predicted molar refractivity (Wildman–Crippen MR) is 184 cm³/mol. The van der Waals surface area contributed by atoms with Crippen LogP contribution in [0.15, 0.2) is 146 Å². The van der Waals surface area contributed by atoms with Crippen molar-refractivity contribution in [3.8, 4) is 0 Å². The van der Waals surface area contributed by atoms with Gasteiger partial charge in [0.05, 0.1) is 0 Å². The summed E-state index contributed by atoms with van der Waals surface area (Å²) in [7, 11) is 0. The first-order valence-electron chi connectivity index (χ1n) is 15.2. The van der Waals surface area contributed by atoms with Crippen LogP contribution >= 0.6 is 0 Å². The molecule has 0 aromatic heterocycles. The largest absolute Gasteiger partial charge is 0.399 e. The second-order valence-corrected chi connectivity index (χ2v) is 11.7. The van der Waals surface area contributed by atoms with Crippen LogP contribution in [0.4, 0.5) is 39.8 Å². The molecule has 1 fully saturated rings. The number of nitrogens with zero attached hydrogens (tertiary/aromatic N) is 2. The number of hydrogen-bond acceptors (Lipinski definition) is 4. The molecule has 1 saturated carbocycles. The van der Waals surface area contributed by atoms with E-state index in [2.05, 4.69) is 114 Å². The molecule has 2 unspecified atom stereocenters. The summed E-state index contributed by atoms with van der Waals surface area (Å²) in [5.74, 6) is 1.18. The molecule has 2 aliphatic rings. The first-order chi connectivity index (χ1) is 21.0. The van der Waals surface area contributed by atoms with Gasteiger partial charge in [-0.1, -0.05) is 42.5 Å². The smallest absolute Gasteiger partial charge is 0.0463 e. The molecule has 4 heteroatoms. The first kappa shape index (κ1) is 28.2. The van der Waals surface area contributed by atoms with E-state index in [1.165, 1.54) is 11.1 Å². The predicted octanol–water partition coefficient (Wildman–Crippen LogP) is 10.0. The second-order valence-electron chi connectivity index (χ2n) is 11.7. The van der Waals surface area contributed by atoms with Crippen molar-refractivity contribution in [3.05, 3.63) is 151 Å². The van der Waals surface area contributed by atoms with E-state index in [1.54, 1.807) is 0 Å². The van der Waals surface area contributed by atoms with Crippen LogP contribution in [0.1, 0.15) is 31.2 Å². The van der Waals surface area contributed by atoms with E-state index in [-0.39, 0.29) is 0 Å². The van der Waals surface area contributed by atoms with Gasteiger partial charge in [0.25, 0.3) is 0 Å². The molecule has 216 valence electrons. The van der Waals surface area contributed by atoms with Gasteiger partial charge in [-0.25, -0.2) is 0 Å². The SMILES string of the molecule is C=CCCC1C=CC(N(c2ccc(N)cc2)c2ccc(N(c3ccc(N)cc3)c3ccc(CC4CC4=C)cc3)cc2)=CC1. The van der Waals surface area contributed by atoms with Crippen LogP contribution < -0.4 is 21.3 Å². The van der Waals surface area contributed by atoms with Gasteiger partial charge >= 0.3 is 0 Å². The van der Waals surface area contributed by atoms with E-state index in [1.807, 2.05) is 30.3 Å². The Bertz CT molecular complexity index is 1630. The lowest BCUT2D eigenvalue weighted by Crippen LogP contribution is -2.18. The summed E-state index contributed by atoms with van der Waals surface area (Å²) < 4.78 is 0. The number of rotatable bonds is 11. The minimum atomic E-state index is 0.542. The Morgan fingerprint density at radius 3 is 1.60 bits per heavy atom. The third-order valence-electron chi connectivity index (χ3n) is 8.44. The molecule has 2 atom stereocenters. The van der Waals surface area contributed by atoms with Gasteiger partial charge in [0.15, 0.2) is 0 Å². The molecule has 2 aliphatic carbocycles. The molecule has 4 aromatic rings. The highest BCUT2D eigenvalue weighted by Gasteiger charge is 2.27. The van der Waals surface area contributed by atoms with Crippen LogP contribution in [0.3, 0.4) is 0 Å². The Hall–Kier alpha value is -4.96. The van der Waals surface area contributed by atoms with Crippen molar-refractivity contribution in [2.45, 2.75) is 32.1 Å². The van der Waals surface area contributed by atoms with Crippen LogP contribution in [0.25, 0.3) is 0 Å². The van der Waals surface area contributed by atoms with Gasteiger partial charge in [-0.05, 0) is 141 Å². The first-order valence-corrected chi connectivity index (χ1v) is 15.2. The van der Waals surface area contributed by atoms with Crippen molar-refractivity contribution < 1.29 is 0 Å². The monoisotopic (exact) mass is 564 g/mol. The van der Waals surface area contributed by atoms with E-state index < -0.39 is 0 Å². The molecule has 0 radical (unpaired) electrons. The molecule has 4 N–H and O–H groups in total. The Labute approximate surface area is 256 Å². The molecule has 0 amide bonds. The summed E-state index contributed by atoms with van der Waals surface area (Å²) in [6.45, 7) is 8.01. The van der Waals surface area contributed by atoms with Crippen LogP contribution in [0.5, 0.6) is 0 Å². The second kappa shape index (κ2) is 12.5. The van der Waals surface area contributed by atoms with Gasteiger partial charge in [0, 0.05) is 45.5 Å². The average Bonchev–Trinajstić information content (AvgIpc) is 3.74. The zero-order valence-electron chi connectivity index (χ0n) is 24.7. The maximum Gasteiger partial charge on any atom is 0.0463 e. The Balaban J connectivity index is 1.32. The highest BCUT2D eigenvalue weighted by atomic mass is 15.2. The van der Waals surface area contributed by atoms with Crippen molar-refractivity contribution >= 4 is 39.8 Å². The van der Waals surface area contributed by atoms with Crippen molar-refractivity contribution in [3.63, 3.8) is 0 Å². The van der Waals surface area contributed by atoms with Gasteiger partial charge in [-0.15, -0.1) is 6.58 Å². The third-order valence-corrected chi connectivity index (χ3v) is 8.44. The highest BCUT2D eigenvalue weighted by Crippen LogP contribution is 2.41. The summed E-state index contributed by atoms with van der Waals surface area (Å²) in [4.78, 5) is 4.58. The quantitative estimate of drug-likeness (QED) is 0.141. The molecule has 4 nitrogen and oxygen atoms in total. The number of nitrogens with two attached hydrogens (primary N) is 2. The van der Waals surface area contributed by atoms with Gasteiger partial charge in [-0.2, -0.15) is 0 Å². The molecule has 0 heterocycles. The summed E-state index contributed by atoms with van der Waals surface area (Å²) in [6.07, 6.45) is 14.3. The zero-order chi connectivity index (χ0) is 29.8. The maximum absolute atomic E-state index is 6.05. The number of nitrogen functional groups attached to an aromatic ring is 2. The van der Waals surface area contributed by atoms with Crippen LogP contribution in [-0.2, 0) is 6.42 Å². The lowest BCUT2D eigenvalue weighted by Gasteiger charge is -2.30. The van der Waals surface area contributed by atoms with E-state index in [9.17, 15) is 0 Å². The Morgan fingerprint density at radius 2 is 1.16 bits per heavy atom. The van der Waals surface area contributed by atoms with Gasteiger partial charge < -0.3 is 21.3 Å². The zero-order valence-corrected chi connectivity index (χ0v) is 24.7. The highest BCUT2D eigenvalue weighted by molar-refractivity contribution is 5.80. The van der Waals surface area contributed by atoms with Gasteiger partial charge in [0.1, 0.15) is 0 Å². The van der Waals surface area contributed by atoms with Crippen molar-refractivity contribution in [2.24, 2.45) is 11.8 Å². The molecule has 4 aromatic carbocycles. The fraction of sp³-hybridized carbons (Fsp3) is 0.179. The van der Waals surface area contributed by atoms with Crippen LogP contribution in [-0.4, -0.2) is 0 Å². The number of allylic oxidation sites excluding steroid dienone is 5. The molecule has 0 aliphatic heterocycles. The number of anilines is 7. The average molecular weight is 565 g/mol. The molecule has 43 heavy (non-hydrogen) atoms. The summed E-state index contributed by atoms with van der Waals surface area (Å²) in [6, 6.07) is 33.8. The standard InChI is InChI=1S/C39H40N4/c1-3-4-5-29-6-14-34(15-7-29)42(36-18-10-32(40)11-19-36)38-22-24-39(25-23-38)43(37-20-12-33(41)13-21-37)35-16-8-30(9-17-35)27-31-26-28(31)2/h3,6,8-25,29,31H,1-2,4-5,7,26-27,40-41H2. The molecule has 0 saturated heterocycles. The number of benzene rings is 4. The van der Waals surface area contributed by atoms with Crippen molar-refractivity contribution in [2.75, 3.05) is 21.3 Å². The molecule has 0 bridgehead atoms. The van der Waals surface area contributed by atoms with E-state index in [0.717, 1.165) is 77.6 Å². The molecular weight excluding hydrogens is 524 g/mol. The topological polar surface area (TPSA) is 58.5 Å². The van der Waals surface area contributed by atoms with E-state index in [0.29, 0.717) is 11.8 Å². The molecule has 6 rings (SSSR count). The van der Waals surface area contributed by atoms with Crippen LogP contribution in [0.2, 0.25) is 0 Å². The van der Waals surface area contributed by atoms with Gasteiger partial charge in [-0.3, -0.25) is 0 Å². The minimum absolute atomic E-state index is 0.542. The minimum Gasteiger partial charge on any atom is -0.399 e. The Kier molecular flexibility index (Phi) is 8.19. The number of hydrogen-bond donors (Lipinski definition) is 2. The fourth-order valence-corrected chi connectivity index (χ4v) is 5.80. The molecular formula is C39H40N4. The van der Waals surface area contributed by atoms with Gasteiger partial charge in [0.2, 0.25) is 0 Å². The normalized spacial score (nSPS) is 17.3. The third kappa shape index (κ3) is 6.60. The fourth-order valence-electron chi connectivity index (χ4n) is 5.80. The molecule has 0 spiro atoms. The van der Waals surface area contributed by atoms with Crippen molar-refractivity contribution in [1.29, 1.82) is 0 Å². The van der Waals surface area contributed by atoms with E-state index >= 15 is 0 Å². The van der Waals surface area contributed by atoms with Crippen molar-refractivity contribution in [1.82, 2.24) is 0 Å². The Morgan fingerprint density at radius 1 is 0.698 bits per heavy atom. The lowest BCUT2D eigenvalue weighted by molar-refractivity contribution is 0.599. The summed E-state index contributed by atoms with van der Waals surface area (Å²) in [5, 5.41) is 0. The van der Waals surface area contributed by atoms with E-state index in [4.69, 9.17) is 11.5 Å².